The molecule has 0 saturated carbocycles. The first-order valence-corrected chi connectivity index (χ1v) is 6.78. The number of fused-ring (bicyclic) bond motifs is 3. The van der Waals surface area contributed by atoms with Gasteiger partial charge in [-0.05, 0) is 37.1 Å². The van der Waals surface area contributed by atoms with Gasteiger partial charge in [0.1, 0.15) is 6.09 Å². The summed E-state index contributed by atoms with van der Waals surface area (Å²) in [5.41, 5.74) is 0.0282. The number of anilines is 1. The van der Waals surface area contributed by atoms with Gasteiger partial charge in [-0.15, -0.1) is 0 Å². The predicted octanol–water partition coefficient (Wildman–Crippen LogP) is 1.70. The highest BCUT2D eigenvalue weighted by Gasteiger charge is 2.39. The van der Waals surface area contributed by atoms with Crippen LogP contribution in [0.15, 0.2) is 24.3 Å². The minimum atomic E-state index is -4.34. The summed E-state index contributed by atoms with van der Waals surface area (Å²) in [5, 5.41) is 11.0. The highest BCUT2D eigenvalue weighted by molar-refractivity contribution is 5.64. The number of carbonyl (C=O) groups is 1. The van der Waals surface area contributed by atoms with Crippen molar-refractivity contribution in [3.8, 4) is 0 Å². The van der Waals surface area contributed by atoms with E-state index >= 15 is 0 Å². The van der Waals surface area contributed by atoms with Crippen LogP contribution in [0.3, 0.4) is 0 Å². The van der Waals surface area contributed by atoms with Crippen molar-refractivity contribution >= 4 is 11.8 Å². The van der Waals surface area contributed by atoms with Gasteiger partial charge in [-0.25, -0.2) is 0 Å². The van der Waals surface area contributed by atoms with Gasteiger partial charge in [0.25, 0.3) is 0 Å². The van der Waals surface area contributed by atoms with Crippen molar-refractivity contribution in [3.05, 3.63) is 29.8 Å². The highest BCUT2D eigenvalue weighted by Crippen LogP contribution is 2.35. The number of benzene rings is 1. The number of halogens is 3. The Balaban J connectivity index is 1.79. The van der Waals surface area contributed by atoms with Crippen LogP contribution in [0.5, 0.6) is 0 Å². The van der Waals surface area contributed by atoms with E-state index in [4.69, 9.17) is 0 Å². The topological polar surface area (TPSA) is 46.6 Å². The van der Waals surface area contributed by atoms with Crippen molar-refractivity contribution in [2.45, 2.75) is 31.1 Å². The van der Waals surface area contributed by atoms with Crippen molar-refractivity contribution in [2.75, 3.05) is 18.0 Å². The molecule has 21 heavy (non-hydrogen) atoms. The summed E-state index contributed by atoms with van der Waals surface area (Å²) in [7, 11) is 0. The number of carbonyl (C=O) groups excluding carboxylic acids is 1. The highest BCUT2D eigenvalue weighted by atomic mass is 19.4. The Labute approximate surface area is 119 Å². The molecular formula is C14H14F3N2O2-. The summed E-state index contributed by atoms with van der Waals surface area (Å²) in [6.07, 6.45) is -3.90. The van der Waals surface area contributed by atoms with Gasteiger partial charge in [-0.3, -0.25) is 0 Å². The molecule has 1 amide bonds. The van der Waals surface area contributed by atoms with Gasteiger partial charge in [0, 0.05) is 30.9 Å². The molecule has 3 heterocycles. The average molecular weight is 299 g/mol. The molecule has 0 radical (unpaired) electrons. The van der Waals surface area contributed by atoms with Gasteiger partial charge < -0.3 is 19.7 Å². The molecule has 2 bridgehead atoms. The standard InChI is InChI=1S/C14H15F3N2O2/c15-14(16,17)9-1-3-10(4-2-9)18-7-12-6-5-11(18)8-19(12)13(20)21/h1-4,11-12H,5-8H2,(H,20,21)/p-1. The molecule has 2 atom stereocenters. The van der Waals surface area contributed by atoms with Gasteiger partial charge in [0.2, 0.25) is 0 Å². The predicted molar refractivity (Wildman–Crippen MR) is 67.7 cm³/mol. The van der Waals surface area contributed by atoms with Crippen LogP contribution in [0.2, 0.25) is 0 Å². The second-order valence-corrected chi connectivity index (χ2v) is 5.50. The van der Waals surface area contributed by atoms with Crippen molar-refractivity contribution in [1.29, 1.82) is 0 Å². The zero-order valence-electron chi connectivity index (χ0n) is 11.1. The molecule has 4 rings (SSSR count). The van der Waals surface area contributed by atoms with Crippen LogP contribution in [-0.2, 0) is 6.18 Å². The Morgan fingerprint density at radius 1 is 1.10 bits per heavy atom. The van der Waals surface area contributed by atoms with Crippen LogP contribution in [0.25, 0.3) is 0 Å². The summed E-state index contributed by atoms with van der Waals surface area (Å²) in [4.78, 5) is 14.3. The summed E-state index contributed by atoms with van der Waals surface area (Å²) < 4.78 is 37.7. The molecule has 2 unspecified atom stereocenters. The van der Waals surface area contributed by atoms with Gasteiger partial charge in [-0.2, -0.15) is 13.2 Å². The van der Waals surface area contributed by atoms with Crippen LogP contribution < -0.4 is 10.0 Å². The summed E-state index contributed by atoms with van der Waals surface area (Å²) in [6, 6.07) is 4.90. The van der Waals surface area contributed by atoms with E-state index in [2.05, 4.69) is 0 Å². The van der Waals surface area contributed by atoms with Gasteiger partial charge in [0.15, 0.2) is 0 Å². The number of hydrogen-bond donors (Lipinski definition) is 0. The molecule has 1 aromatic rings. The molecule has 3 fully saturated rings. The maximum atomic E-state index is 12.6. The number of amides is 1. The van der Waals surface area contributed by atoms with Gasteiger partial charge >= 0.3 is 6.18 Å². The third kappa shape index (κ3) is 2.52. The SMILES string of the molecule is O=C([O-])N1CC2CCC1CN2c1ccc(C(F)(F)F)cc1. The molecule has 1 aromatic carbocycles. The van der Waals surface area contributed by atoms with Crippen molar-refractivity contribution < 1.29 is 23.1 Å². The van der Waals surface area contributed by atoms with E-state index in [1.54, 1.807) is 0 Å². The normalized spacial score (nSPS) is 25.3. The van der Waals surface area contributed by atoms with E-state index in [9.17, 15) is 23.1 Å². The minimum Gasteiger partial charge on any atom is -0.530 e. The monoisotopic (exact) mass is 299 g/mol. The Morgan fingerprint density at radius 3 is 2.19 bits per heavy atom. The third-order valence-electron chi connectivity index (χ3n) is 4.29. The molecular weight excluding hydrogens is 285 g/mol. The number of alkyl halides is 3. The molecule has 7 heteroatoms. The number of rotatable bonds is 1. The second-order valence-electron chi connectivity index (χ2n) is 5.50. The van der Waals surface area contributed by atoms with E-state index < -0.39 is 17.8 Å². The minimum absolute atomic E-state index is 0.00429. The first kappa shape index (κ1) is 14.0. The van der Waals surface area contributed by atoms with E-state index in [-0.39, 0.29) is 12.1 Å². The Kier molecular flexibility index (Phi) is 3.22. The number of piperazine rings is 1. The van der Waals surface area contributed by atoms with Gasteiger partial charge in [-0.1, -0.05) is 0 Å². The van der Waals surface area contributed by atoms with Crippen molar-refractivity contribution in [1.82, 2.24) is 4.90 Å². The maximum absolute atomic E-state index is 12.6. The maximum Gasteiger partial charge on any atom is 0.416 e. The summed E-state index contributed by atoms with van der Waals surface area (Å²) in [6.45, 7) is 0.859. The number of piperidine rings is 2. The van der Waals surface area contributed by atoms with Crippen LogP contribution >= 0.6 is 0 Å². The van der Waals surface area contributed by atoms with Crippen molar-refractivity contribution in [2.24, 2.45) is 0 Å². The summed E-state index contributed by atoms with van der Waals surface area (Å²) >= 11 is 0. The lowest BCUT2D eigenvalue weighted by Gasteiger charge is -2.53. The molecule has 4 nitrogen and oxygen atoms in total. The second kappa shape index (κ2) is 4.82. The first-order valence-electron chi connectivity index (χ1n) is 6.78. The third-order valence-corrected chi connectivity index (χ3v) is 4.29. The lowest BCUT2D eigenvalue weighted by molar-refractivity contribution is -0.270. The Hall–Kier alpha value is -1.92. The Morgan fingerprint density at radius 2 is 1.71 bits per heavy atom. The molecule has 3 saturated heterocycles. The van der Waals surface area contributed by atoms with Crippen LogP contribution in [-0.4, -0.2) is 36.2 Å². The quantitative estimate of drug-likeness (QED) is 0.793. The molecule has 0 aromatic heterocycles. The molecule has 3 aliphatic rings. The van der Waals surface area contributed by atoms with E-state index in [1.165, 1.54) is 17.0 Å². The van der Waals surface area contributed by atoms with Crippen molar-refractivity contribution in [3.63, 3.8) is 0 Å². The van der Waals surface area contributed by atoms with Crippen LogP contribution in [0.1, 0.15) is 18.4 Å². The summed E-state index contributed by atoms with van der Waals surface area (Å²) in [5.74, 6) is 0. The fourth-order valence-corrected chi connectivity index (χ4v) is 3.21. The smallest absolute Gasteiger partial charge is 0.416 e. The zero-order chi connectivity index (χ0) is 15.2. The number of carboxylic acid groups (broad SMARTS) is 1. The van der Waals surface area contributed by atoms with Gasteiger partial charge in [0.05, 0.1) is 5.56 Å². The lowest BCUT2D eigenvalue weighted by Crippen LogP contribution is -2.66. The first-order chi connectivity index (χ1) is 9.86. The number of hydrogen-bond acceptors (Lipinski definition) is 3. The molecule has 114 valence electrons. The van der Waals surface area contributed by atoms with E-state index in [1.807, 2.05) is 4.90 Å². The van der Waals surface area contributed by atoms with Crippen LogP contribution in [0, 0.1) is 0 Å². The molecule has 3 aliphatic heterocycles. The zero-order valence-corrected chi connectivity index (χ0v) is 11.1. The van der Waals surface area contributed by atoms with E-state index in [0.717, 1.165) is 25.0 Å². The molecule has 0 spiro atoms. The lowest BCUT2D eigenvalue weighted by atomic mass is 9.90. The molecule has 0 aliphatic carbocycles. The largest absolute Gasteiger partial charge is 0.530 e. The number of nitrogens with zero attached hydrogens (tertiary/aromatic N) is 2. The van der Waals surface area contributed by atoms with E-state index in [0.29, 0.717) is 18.8 Å². The molecule has 0 N–H and O–H groups in total. The fraction of sp³-hybridized carbons (Fsp3) is 0.500. The van der Waals surface area contributed by atoms with Crippen LogP contribution in [0.4, 0.5) is 23.7 Å². The average Bonchev–Trinajstić information content (AvgIpc) is 2.46. The fourth-order valence-electron chi connectivity index (χ4n) is 3.21. The Bertz CT molecular complexity index is 544.